The molecule has 1 aliphatic heterocycles. The minimum absolute atomic E-state index is 0.195. The van der Waals surface area contributed by atoms with Crippen molar-refractivity contribution in [1.29, 1.82) is 0 Å². The van der Waals surface area contributed by atoms with E-state index in [1.165, 1.54) is 4.70 Å². The van der Waals surface area contributed by atoms with Gasteiger partial charge in [-0.2, -0.15) is 0 Å². The summed E-state index contributed by atoms with van der Waals surface area (Å²) >= 11 is 1.71. The Hall–Kier alpha value is -2.25. The van der Waals surface area contributed by atoms with E-state index < -0.39 is 0 Å². The third-order valence-corrected chi connectivity index (χ3v) is 6.42. The molecule has 2 heterocycles. The first-order valence-electron chi connectivity index (χ1n) is 10.5. The van der Waals surface area contributed by atoms with Crippen LogP contribution in [0.2, 0.25) is 0 Å². The summed E-state index contributed by atoms with van der Waals surface area (Å²) in [5.74, 6) is 0.826. The van der Waals surface area contributed by atoms with Gasteiger partial charge in [0.2, 0.25) is 0 Å². The summed E-state index contributed by atoms with van der Waals surface area (Å²) < 4.78 is 13.7. The Morgan fingerprint density at radius 2 is 2.00 bits per heavy atom. The van der Waals surface area contributed by atoms with Crippen molar-refractivity contribution < 1.29 is 9.47 Å². The summed E-state index contributed by atoms with van der Waals surface area (Å²) in [5, 5.41) is 0.996. The van der Waals surface area contributed by atoms with Gasteiger partial charge >= 0.3 is 0 Å². The van der Waals surface area contributed by atoms with Crippen molar-refractivity contribution in [3.05, 3.63) is 71.3 Å². The van der Waals surface area contributed by atoms with E-state index in [1.807, 2.05) is 30.4 Å². The molecule has 2 N–H and O–H groups in total. The number of aromatic nitrogens is 1. The van der Waals surface area contributed by atoms with Gasteiger partial charge in [-0.3, -0.25) is 0 Å². The minimum atomic E-state index is -0.195. The smallest absolute Gasteiger partial charge is 0.135 e. The molecule has 1 aromatic heterocycles. The first-order chi connectivity index (χ1) is 14.7. The second kappa shape index (κ2) is 10.2. The monoisotopic (exact) mass is 423 g/mol. The number of fused-ring (bicyclic) bond motifs is 1. The molecule has 4 rings (SSSR count). The van der Waals surface area contributed by atoms with Crippen LogP contribution >= 0.6 is 11.3 Å². The van der Waals surface area contributed by atoms with Gasteiger partial charge in [0.15, 0.2) is 0 Å². The number of likely N-dealkylation sites (tertiary alicyclic amines) is 1. The first-order valence-corrected chi connectivity index (χ1v) is 11.3. The topological polar surface area (TPSA) is 60.6 Å². The molecule has 0 radical (unpaired) electrons. The van der Waals surface area contributed by atoms with Crippen molar-refractivity contribution in [2.75, 3.05) is 33.3 Å². The number of ether oxygens (including phenoxy) is 2. The van der Waals surface area contributed by atoms with Gasteiger partial charge in [0.05, 0.1) is 16.3 Å². The van der Waals surface area contributed by atoms with Crippen molar-refractivity contribution in [1.82, 2.24) is 9.88 Å². The number of thiazole rings is 1. The molecule has 30 heavy (non-hydrogen) atoms. The molecule has 0 bridgehead atoms. The second-order valence-electron chi connectivity index (χ2n) is 7.63. The van der Waals surface area contributed by atoms with E-state index in [4.69, 9.17) is 20.2 Å². The molecule has 1 atom stereocenters. The van der Waals surface area contributed by atoms with E-state index in [2.05, 4.69) is 42.3 Å². The Bertz CT molecular complexity index is 946. The molecule has 1 fully saturated rings. The summed E-state index contributed by atoms with van der Waals surface area (Å²) in [5.41, 5.74) is 7.60. The fraction of sp³-hybridized carbons (Fsp3) is 0.375. The highest BCUT2D eigenvalue weighted by molar-refractivity contribution is 7.18. The van der Waals surface area contributed by atoms with Gasteiger partial charge in [-0.1, -0.05) is 36.4 Å². The van der Waals surface area contributed by atoms with Crippen LogP contribution in [0.4, 0.5) is 0 Å². The van der Waals surface area contributed by atoms with Crippen LogP contribution in [0.3, 0.4) is 0 Å². The lowest BCUT2D eigenvalue weighted by Crippen LogP contribution is -2.35. The highest BCUT2D eigenvalue weighted by Gasteiger charge is 2.26. The summed E-state index contributed by atoms with van der Waals surface area (Å²) in [7, 11) is 2.17. The molecular formula is C24H29N3O2S. The number of benzene rings is 2. The lowest BCUT2D eigenvalue weighted by atomic mass is 10.1. The van der Waals surface area contributed by atoms with Crippen LogP contribution in [0.15, 0.2) is 60.7 Å². The van der Waals surface area contributed by atoms with Gasteiger partial charge < -0.3 is 20.1 Å². The van der Waals surface area contributed by atoms with E-state index in [1.54, 1.807) is 11.3 Å². The number of para-hydroxylation sites is 1. The van der Waals surface area contributed by atoms with E-state index in [-0.39, 0.29) is 12.2 Å². The molecule has 1 aliphatic rings. The predicted octanol–water partition coefficient (Wildman–Crippen LogP) is 4.39. The van der Waals surface area contributed by atoms with Gasteiger partial charge in [0, 0.05) is 19.6 Å². The first kappa shape index (κ1) is 21.0. The Labute approximate surface area is 182 Å². The predicted molar refractivity (Wildman–Crippen MR) is 123 cm³/mol. The zero-order chi connectivity index (χ0) is 20.8. The highest BCUT2D eigenvalue weighted by Crippen LogP contribution is 2.36. The van der Waals surface area contributed by atoms with Crippen LogP contribution < -0.4 is 10.5 Å². The molecule has 3 aromatic rings. The number of rotatable bonds is 8. The number of nitrogens with zero attached hydrogens (tertiary/aromatic N) is 2. The average Bonchev–Trinajstić information content (AvgIpc) is 3.20. The Balaban J connectivity index is 1.60. The van der Waals surface area contributed by atoms with Crippen LogP contribution in [0, 0.1) is 0 Å². The maximum atomic E-state index is 6.67. The van der Waals surface area contributed by atoms with E-state index in [0.717, 1.165) is 47.8 Å². The molecule has 158 valence electrons. The summed E-state index contributed by atoms with van der Waals surface area (Å²) in [6, 6.07) is 16.4. The van der Waals surface area contributed by atoms with Gasteiger partial charge in [-0.15, -0.1) is 11.3 Å². The summed E-state index contributed by atoms with van der Waals surface area (Å²) in [6.07, 6.45) is 5.95. The van der Waals surface area contributed by atoms with E-state index in [9.17, 15) is 0 Å². The van der Waals surface area contributed by atoms with Crippen molar-refractivity contribution >= 4 is 21.6 Å². The third-order valence-electron chi connectivity index (χ3n) is 5.34. The maximum absolute atomic E-state index is 6.67. The molecular weight excluding hydrogens is 394 g/mol. The average molecular weight is 424 g/mol. The number of piperidine rings is 1. The van der Waals surface area contributed by atoms with Crippen LogP contribution in [0.25, 0.3) is 10.2 Å². The fourth-order valence-corrected chi connectivity index (χ4v) is 4.70. The third kappa shape index (κ3) is 5.26. The number of hydrogen-bond donors (Lipinski definition) is 1. The number of hydrogen-bond acceptors (Lipinski definition) is 6. The molecule has 2 aromatic carbocycles. The maximum Gasteiger partial charge on any atom is 0.135 e. The lowest BCUT2D eigenvalue weighted by Gasteiger charge is -2.31. The van der Waals surface area contributed by atoms with Gasteiger partial charge in [0.1, 0.15) is 23.5 Å². The lowest BCUT2D eigenvalue weighted by molar-refractivity contribution is -0.0235. The summed E-state index contributed by atoms with van der Waals surface area (Å²) in [4.78, 5) is 7.26. The van der Waals surface area contributed by atoms with Crippen LogP contribution in [-0.2, 0) is 4.74 Å². The van der Waals surface area contributed by atoms with E-state index in [0.29, 0.717) is 13.2 Å². The van der Waals surface area contributed by atoms with E-state index >= 15 is 0 Å². The van der Waals surface area contributed by atoms with Crippen LogP contribution in [0.1, 0.15) is 29.5 Å². The van der Waals surface area contributed by atoms with Crippen molar-refractivity contribution in [3.8, 4) is 5.75 Å². The molecule has 1 unspecified atom stereocenters. The quantitative estimate of drug-likeness (QED) is 0.545. The Morgan fingerprint density at radius 3 is 2.80 bits per heavy atom. The SMILES string of the molecule is CN1CCC(OC(c2cccc(OC/C=C/CN)c2)c2nc3ccccc3s2)CC1. The normalized spacial score (nSPS) is 17.0. The summed E-state index contributed by atoms with van der Waals surface area (Å²) in [6.45, 7) is 3.15. The molecule has 0 spiro atoms. The Morgan fingerprint density at radius 1 is 1.17 bits per heavy atom. The zero-order valence-corrected chi connectivity index (χ0v) is 18.2. The Kier molecular flexibility index (Phi) is 7.12. The molecule has 0 aliphatic carbocycles. The zero-order valence-electron chi connectivity index (χ0n) is 17.4. The molecule has 6 heteroatoms. The molecule has 0 saturated carbocycles. The highest BCUT2D eigenvalue weighted by atomic mass is 32.1. The van der Waals surface area contributed by atoms with Crippen LogP contribution in [-0.4, -0.2) is 49.3 Å². The van der Waals surface area contributed by atoms with Crippen LogP contribution in [0.5, 0.6) is 5.75 Å². The van der Waals surface area contributed by atoms with Gasteiger partial charge in [-0.05, 0) is 49.7 Å². The van der Waals surface area contributed by atoms with Crippen molar-refractivity contribution in [2.45, 2.75) is 25.0 Å². The number of nitrogens with two attached hydrogens (primary N) is 1. The molecule has 1 saturated heterocycles. The standard InChI is InChI=1S/C24H29N3O2S/c1-27-14-11-19(12-15-27)29-23(24-26-21-9-2-3-10-22(21)30-24)18-7-6-8-20(17-18)28-16-5-4-13-25/h2-10,17,19,23H,11-16,25H2,1H3/b5-4+. The molecule has 0 amide bonds. The van der Waals surface area contributed by atoms with Gasteiger partial charge in [-0.25, -0.2) is 4.98 Å². The van der Waals surface area contributed by atoms with Gasteiger partial charge in [0.25, 0.3) is 0 Å². The largest absolute Gasteiger partial charge is 0.490 e. The molecule has 5 nitrogen and oxygen atoms in total. The second-order valence-corrected chi connectivity index (χ2v) is 8.69. The van der Waals surface area contributed by atoms with Crippen molar-refractivity contribution in [2.24, 2.45) is 5.73 Å². The fourth-order valence-electron chi connectivity index (χ4n) is 3.67. The minimum Gasteiger partial charge on any atom is -0.490 e. The van der Waals surface area contributed by atoms with Crippen molar-refractivity contribution in [3.63, 3.8) is 0 Å².